The van der Waals surface area contributed by atoms with Crippen LogP contribution in [0.1, 0.15) is 11.1 Å². The van der Waals surface area contributed by atoms with E-state index in [1.54, 1.807) is 0 Å². The van der Waals surface area contributed by atoms with Crippen molar-refractivity contribution in [1.82, 2.24) is 4.37 Å². The third kappa shape index (κ3) is 3.44. The van der Waals surface area contributed by atoms with Crippen molar-refractivity contribution in [3.05, 3.63) is 46.6 Å². The summed E-state index contributed by atoms with van der Waals surface area (Å²) in [7, 11) is 0. The highest BCUT2D eigenvalue weighted by Gasteiger charge is 2.21. The quantitative estimate of drug-likeness (QED) is 0.839. The Bertz CT molecular complexity index is 610. The van der Waals surface area contributed by atoms with Gasteiger partial charge in [0.15, 0.2) is 5.15 Å². The summed E-state index contributed by atoms with van der Waals surface area (Å²) in [6.45, 7) is -0.194. The van der Waals surface area contributed by atoms with Crippen LogP contribution in [-0.2, 0) is 6.54 Å². The SMILES string of the molecule is N#Cc1c(Cl)nsc1N(Cc1ccccc1)CC(F)F. The van der Waals surface area contributed by atoms with Crippen LogP contribution in [0.5, 0.6) is 0 Å². The average Bonchev–Trinajstić information content (AvgIpc) is 2.79. The number of nitriles is 1. The molecule has 1 heterocycles. The Hall–Kier alpha value is -1.71. The molecule has 7 heteroatoms. The van der Waals surface area contributed by atoms with Crippen LogP contribution < -0.4 is 4.90 Å². The maximum absolute atomic E-state index is 12.7. The van der Waals surface area contributed by atoms with Gasteiger partial charge in [0, 0.05) is 6.54 Å². The minimum atomic E-state index is -2.51. The second-order valence-corrected chi connectivity index (χ2v) is 5.13. The molecular weight excluding hydrogens is 304 g/mol. The van der Waals surface area contributed by atoms with Crippen LogP contribution in [0.4, 0.5) is 13.8 Å². The zero-order chi connectivity index (χ0) is 14.5. The molecule has 3 nitrogen and oxygen atoms in total. The van der Waals surface area contributed by atoms with Crippen LogP contribution >= 0.6 is 23.1 Å². The summed E-state index contributed by atoms with van der Waals surface area (Å²) in [5, 5.41) is 9.49. The standard InChI is InChI=1S/C13H10ClF2N3S/c14-12-10(6-17)13(20-18-12)19(8-11(15)16)7-9-4-2-1-3-5-9/h1-5,11H,7-8H2. The maximum atomic E-state index is 12.7. The normalized spacial score (nSPS) is 10.6. The van der Waals surface area contributed by atoms with Crippen molar-refractivity contribution < 1.29 is 8.78 Å². The van der Waals surface area contributed by atoms with E-state index in [9.17, 15) is 8.78 Å². The number of hydrogen-bond acceptors (Lipinski definition) is 4. The van der Waals surface area contributed by atoms with Gasteiger partial charge < -0.3 is 4.90 Å². The van der Waals surface area contributed by atoms with Crippen molar-refractivity contribution in [2.24, 2.45) is 0 Å². The largest absolute Gasteiger partial charge is 0.351 e. The Labute approximate surface area is 124 Å². The fourth-order valence-corrected chi connectivity index (χ4v) is 2.80. The Morgan fingerprint density at radius 2 is 2.05 bits per heavy atom. The predicted molar refractivity (Wildman–Crippen MR) is 75.3 cm³/mol. The van der Waals surface area contributed by atoms with Gasteiger partial charge in [-0.3, -0.25) is 0 Å². The van der Waals surface area contributed by atoms with E-state index in [1.807, 2.05) is 36.4 Å². The Morgan fingerprint density at radius 1 is 1.35 bits per heavy atom. The van der Waals surface area contributed by atoms with E-state index < -0.39 is 13.0 Å². The van der Waals surface area contributed by atoms with Gasteiger partial charge in [-0.25, -0.2) is 8.78 Å². The lowest BCUT2D eigenvalue weighted by Crippen LogP contribution is -2.28. The molecule has 0 bridgehead atoms. The first-order valence-electron chi connectivity index (χ1n) is 5.74. The molecule has 0 N–H and O–H groups in total. The van der Waals surface area contributed by atoms with E-state index in [0.29, 0.717) is 5.00 Å². The highest BCUT2D eigenvalue weighted by atomic mass is 35.5. The summed E-state index contributed by atoms with van der Waals surface area (Å²) in [6, 6.07) is 11.1. The van der Waals surface area contributed by atoms with Crippen LogP contribution in [-0.4, -0.2) is 17.3 Å². The smallest absolute Gasteiger partial charge is 0.255 e. The number of halogens is 3. The highest BCUT2D eigenvalue weighted by Crippen LogP contribution is 2.32. The van der Waals surface area contributed by atoms with Crippen LogP contribution in [0.3, 0.4) is 0 Å². The molecular formula is C13H10ClF2N3S. The minimum absolute atomic E-state index is 0.0554. The van der Waals surface area contributed by atoms with Crippen molar-refractivity contribution in [2.75, 3.05) is 11.4 Å². The van der Waals surface area contributed by atoms with Crippen molar-refractivity contribution in [1.29, 1.82) is 5.26 Å². The number of benzene rings is 1. The molecule has 0 atom stereocenters. The fraction of sp³-hybridized carbons (Fsp3) is 0.231. The first-order valence-corrected chi connectivity index (χ1v) is 6.89. The first kappa shape index (κ1) is 14.7. The molecule has 104 valence electrons. The molecule has 2 rings (SSSR count). The number of aromatic nitrogens is 1. The average molecular weight is 314 g/mol. The van der Waals surface area contributed by atoms with Crippen molar-refractivity contribution in [3.8, 4) is 6.07 Å². The lowest BCUT2D eigenvalue weighted by Gasteiger charge is -2.22. The lowest BCUT2D eigenvalue weighted by molar-refractivity contribution is 0.154. The number of rotatable bonds is 5. The molecule has 0 spiro atoms. The Kier molecular flexibility index (Phi) is 4.88. The Morgan fingerprint density at radius 3 is 2.65 bits per heavy atom. The summed E-state index contributed by atoms with van der Waals surface area (Å²) < 4.78 is 29.3. The van der Waals surface area contributed by atoms with Gasteiger partial charge in [-0.15, -0.1) is 0 Å². The molecule has 0 unspecified atom stereocenters. The van der Waals surface area contributed by atoms with E-state index in [-0.39, 0.29) is 17.3 Å². The number of alkyl halides is 2. The number of anilines is 1. The first-order chi connectivity index (χ1) is 9.61. The monoisotopic (exact) mass is 313 g/mol. The van der Waals surface area contributed by atoms with Gasteiger partial charge in [0.25, 0.3) is 6.43 Å². The third-order valence-electron chi connectivity index (χ3n) is 2.61. The topological polar surface area (TPSA) is 39.9 Å². The van der Waals surface area contributed by atoms with Crippen LogP contribution in [0, 0.1) is 11.3 Å². The van der Waals surface area contributed by atoms with E-state index in [0.717, 1.165) is 17.1 Å². The van der Waals surface area contributed by atoms with E-state index in [4.69, 9.17) is 16.9 Å². The molecule has 0 saturated heterocycles. The van der Waals surface area contributed by atoms with Gasteiger partial charge in [-0.2, -0.15) is 9.64 Å². The highest BCUT2D eigenvalue weighted by molar-refractivity contribution is 7.10. The molecule has 0 aliphatic rings. The molecule has 1 aromatic heterocycles. The van der Waals surface area contributed by atoms with Crippen molar-refractivity contribution in [3.63, 3.8) is 0 Å². The van der Waals surface area contributed by atoms with Crippen molar-refractivity contribution in [2.45, 2.75) is 13.0 Å². The second-order valence-electron chi connectivity index (χ2n) is 4.02. The second kappa shape index (κ2) is 6.64. The van der Waals surface area contributed by atoms with Gasteiger partial charge in [-0.1, -0.05) is 41.9 Å². The summed E-state index contributed by atoms with van der Waals surface area (Å²) in [4.78, 5) is 1.43. The molecule has 0 aliphatic heterocycles. The molecule has 0 aliphatic carbocycles. The molecule has 2 aromatic rings. The summed E-state index contributed by atoms with van der Waals surface area (Å²) in [5.41, 5.74) is 1.02. The molecule has 0 saturated carbocycles. The fourth-order valence-electron chi connectivity index (χ4n) is 1.76. The summed E-state index contributed by atoms with van der Waals surface area (Å²) in [6.07, 6.45) is -2.51. The molecule has 20 heavy (non-hydrogen) atoms. The lowest BCUT2D eigenvalue weighted by atomic mass is 10.2. The van der Waals surface area contributed by atoms with Crippen LogP contribution in [0.2, 0.25) is 5.15 Å². The molecule has 0 radical (unpaired) electrons. The number of nitrogens with zero attached hydrogens (tertiary/aromatic N) is 3. The van der Waals surface area contributed by atoms with Gasteiger partial charge >= 0.3 is 0 Å². The zero-order valence-corrected chi connectivity index (χ0v) is 11.8. The number of hydrogen-bond donors (Lipinski definition) is 0. The minimum Gasteiger partial charge on any atom is -0.351 e. The predicted octanol–water partition coefficient (Wildman–Crippen LogP) is 3.94. The zero-order valence-electron chi connectivity index (χ0n) is 10.3. The summed E-state index contributed by atoms with van der Waals surface area (Å²) in [5.74, 6) is 0. The van der Waals surface area contributed by atoms with Crippen molar-refractivity contribution >= 4 is 28.1 Å². The van der Waals surface area contributed by atoms with Gasteiger partial charge in [-0.05, 0) is 17.1 Å². The molecule has 0 amide bonds. The molecule has 0 fully saturated rings. The van der Waals surface area contributed by atoms with Crippen LogP contribution in [0.15, 0.2) is 30.3 Å². The van der Waals surface area contributed by atoms with E-state index in [1.165, 1.54) is 4.90 Å². The molecule has 1 aromatic carbocycles. The Balaban J connectivity index is 2.30. The maximum Gasteiger partial charge on any atom is 0.255 e. The van der Waals surface area contributed by atoms with Crippen LogP contribution in [0.25, 0.3) is 0 Å². The summed E-state index contributed by atoms with van der Waals surface area (Å²) >= 11 is 6.75. The third-order valence-corrected chi connectivity index (χ3v) is 3.89. The van der Waals surface area contributed by atoms with E-state index >= 15 is 0 Å². The van der Waals surface area contributed by atoms with Gasteiger partial charge in [0.1, 0.15) is 16.6 Å². The van der Waals surface area contributed by atoms with Gasteiger partial charge in [0.2, 0.25) is 0 Å². The van der Waals surface area contributed by atoms with Gasteiger partial charge in [0.05, 0.1) is 6.54 Å². The van der Waals surface area contributed by atoms with E-state index in [2.05, 4.69) is 4.37 Å².